The lowest BCUT2D eigenvalue weighted by Crippen LogP contribution is -2.36. The molecule has 3 heteroatoms. The number of rotatable bonds is 5. The summed E-state index contributed by atoms with van der Waals surface area (Å²) < 4.78 is 0. The monoisotopic (exact) mass is 223 g/mol. The second kappa shape index (κ2) is 6.22. The fraction of sp³-hybridized carbons (Fsp3) is 0.923. The molecule has 2 unspecified atom stereocenters. The Morgan fingerprint density at radius 2 is 2.25 bits per heavy atom. The minimum Gasteiger partial charge on any atom is -0.314 e. The van der Waals surface area contributed by atoms with Gasteiger partial charge in [-0.2, -0.15) is 5.26 Å². The van der Waals surface area contributed by atoms with E-state index in [0.717, 1.165) is 18.8 Å². The largest absolute Gasteiger partial charge is 0.314 e. The lowest BCUT2D eigenvalue weighted by Gasteiger charge is -2.30. The van der Waals surface area contributed by atoms with E-state index in [0.29, 0.717) is 0 Å². The summed E-state index contributed by atoms with van der Waals surface area (Å²) in [7, 11) is 0. The van der Waals surface area contributed by atoms with Crippen molar-refractivity contribution in [2.75, 3.05) is 19.6 Å². The van der Waals surface area contributed by atoms with E-state index in [1.165, 1.54) is 38.9 Å². The van der Waals surface area contributed by atoms with E-state index >= 15 is 0 Å². The highest BCUT2D eigenvalue weighted by atomic mass is 15.1. The van der Waals surface area contributed by atoms with E-state index in [4.69, 9.17) is 11.0 Å². The van der Waals surface area contributed by atoms with E-state index in [9.17, 15) is 0 Å². The first kappa shape index (κ1) is 13.5. The van der Waals surface area contributed by atoms with Crippen LogP contribution >= 0.6 is 0 Å². The third-order valence-electron chi connectivity index (χ3n) is 3.42. The molecule has 92 valence electrons. The van der Waals surface area contributed by atoms with Gasteiger partial charge in [0.05, 0.1) is 6.07 Å². The maximum atomic E-state index is 8.79. The lowest BCUT2D eigenvalue weighted by molar-refractivity contribution is 0.180. The maximum absolute atomic E-state index is 8.79. The number of hydrogen-bond donors (Lipinski definition) is 1. The molecule has 1 saturated heterocycles. The molecular formula is C13H25N3. The molecule has 0 aromatic rings. The maximum Gasteiger partial charge on any atom is 0.101 e. The summed E-state index contributed by atoms with van der Waals surface area (Å²) in [6, 6.07) is 2.15. The Labute approximate surface area is 99.6 Å². The normalized spacial score (nSPS) is 26.0. The predicted molar refractivity (Wildman–Crippen MR) is 66.9 cm³/mol. The molecule has 0 bridgehead atoms. The molecule has 0 aliphatic carbocycles. The van der Waals surface area contributed by atoms with Gasteiger partial charge in [-0.15, -0.1) is 0 Å². The molecule has 1 heterocycles. The topological polar surface area (TPSA) is 53.0 Å². The second-order valence-corrected chi connectivity index (χ2v) is 5.53. The highest BCUT2D eigenvalue weighted by Crippen LogP contribution is 2.16. The van der Waals surface area contributed by atoms with Gasteiger partial charge < -0.3 is 10.6 Å². The number of unbranched alkanes of at least 4 members (excludes halogenated alkanes) is 1. The summed E-state index contributed by atoms with van der Waals surface area (Å²) in [5.74, 6) is 0.854. The number of nitrogens with zero attached hydrogens (tertiary/aromatic N) is 2. The fourth-order valence-corrected chi connectivity index (χ4v) is 2.37. The van der Waals surface area contributed by atoms with Crippen molar-refractivity contribution in [2.24, 2.45) is 11.7 Å². The first-order chi connectivity index (χ1) is 7.53. The highest BCUT2D eigenvalue weighted by molar-refractivity contribution is 5.00. The molecule has 1 aliphatic rings. The summed E-state index contributed by atoms with van der Waals surface area (Å²) in [4.78, 5) is 2.55. The molecular weight excluding hydrogens is 198 g/mol. The van der Waals surface area contributed by atoms with Gasteiger partial charge in [0.25, 0.3) is 0 Å². The molecule has 2 N–H and O–H groups in total. The average Bonchev–Trinajstić information content (AvgIpc) is 2.25. The molecule has 0 saturated carbocycles. The first-order valence-corrected chi connectivity index (χ1v) is 6.46. The van der Waals surface area contributed by atoms with Crippen molar-refractivity contribution in [3.63, 3.8) is 0 Å². The van der Waals surface area contributed by atoms with Crippen LogP contribution in [0.1, 0.15) is 46.0 Å². The third kappa shape index (κ3) is 4.96. The van der Waals surface area contributed by atoms with Crippen LogP contribution in [0.5, 0.6) is 0 Å². The summed E-state index contributed by atoms with van der Waals surface area (Å²) >= 11 is 0. The summed E-state index contributed by atoms with van der Waals surface area (Å²) in [5, 5.41) is 8.79. The minimum atomic E-state index is -0.630. The van der Waals surface area contributed by atoms with E-state index in [2.05, 4.69) is 17.9 Å². The standard InChI is InChI=1S/C13H25N3/c1-12-6-5-9-16(10-12)8-4-3-7-13(2,15)11-14/h12H,3-10,15H2,1-2H3. The summed E-state index contributed by atoms with van der Waals surface area (Å²) in [5.41, 5.74) is 5.15. The van der Waals surface area contributed by atoms with Crippen LogP contribution in [-0.2, 0) is 0 Å². The van der Waals surface area contributed by atoms with Crippen molar-refractivity contribution in [2.45, 2.75) is 51.5 Å². The van der Waals surface area contributed by atoms with Crippen LogP contribution in [0.4, 0.5) is 0 Å². The zero-order chi connectivity index (χ0) is 12.0. The van der Waals surface area contributed by atoms with Crippen LogP contribution in [0, 0.1) is 17.2 Å². The van der Waals surface area contributed by atoms with E-state index in [1.54, 1.807) is 0 Å². The van der Waals surface area contributed by atoms with Crippen molar-refractivity contribution >= 4 is 0 Å². The predicted octanol–water partition coefficient (Wildman–Crippen LogP) is 2.13. The molecule has 0 amide bonds. The second-order valence-electron chi connectivity index (χ2n) is 5.53. The van der Waals surface area contributed by atoms with Crippen LogP contribution < -0.4 is 5.73 Å². The van der Waals surface area contributed by atoms with Gasteiger partial charge in [0.15, 0.2) is 0 Å². The van der Waals surface area contributed by atoms with Gasteiger partial charge in [0, 0.05) is 6.54 Å². The number of piperidine rings is 1. The van der Waals surface area contributed by atoms with Crippen molar-refractivity contribution in [1.82, 2.24) is 4.90 Å². The summed E-state index contributed by atoms with van der Waals surface area (Å²) in [6.07, 6.45) is 5.76. The van der Waals surface area contributed by atoms with Crippen LogP contribution in [0.15, 0.2) is 0 Å². The number of hydrogen-bond acceptors (Lipinski definition) is 3. The van der Waals surface area contributed by atoms with Crippen LogP contribution in [-0.4, -0.2) is 30.1 Å². The molecule has 2 atom stereocenters. The van der Waals surface area contributed by atoms with Crippen LogP contribution in [0.2, 0.25) is 0 Å². The van der Waals surface area contributed by atoms with Gasteiger partial charge in [-0.25, -0.2) is 0 Å². The Morgan fingerprint density at radius 3 is 2.88 bits per heavy atom. The van der Waals surface area contributed by atoms with Gasteiger partial charge >= 0.3 is 0 Å². The smallest absolute Gasteiger partial charge is 0.101 e. The Hall–Kier alpha value is -0.590. The molecule has 1 aliphatic heterocycles. The number of likely N-dealkylation sites (tertiary alicyclic amines) is 1. The molecule has 1 fully saturated rings. The van der Waals surface area contributed by atoms with Crippen LogP contribution in [0.25, 0.3) is 0 Å². The first-order valence-electron chi connectivity index (χ1n) is 6.46. The average molecular weight is 223 g/mol. The van der Waals surface area contributed by atoms with Crippen molar-refractivity contribution in [1.29, 1.82) is 5.26 Å². The zero-order valence-corrected chi connectivity index (χ0v) is 10.7. The van der Waals surface area contributed by atoms with Crippen molar-refractivity contribution < 1.29 is 0 Å². The number of nitriles is 1. The quantitative estimate of drug-likeness (QED) is 0.726. The lowest BCUT2D eigenvalue weighted by atomic mass is 9.97. The molecule has 0 spiro atoms. The van der Waals surface area contributed by atoms with E-state index < -0.39 is 5.54 Å². The minimum absolute atomic E-state index is 0.630. The van der Waals surface area contributed by atoms with E-state index in [1.807, 2.05) is 6.92 Å². The Balaban J connectivity index is 2.09. The van der Waals surface area contributed by atoms with Gasteiger partial charge in [0.2, 0.25) is 0 Å². The highest BCUT2D eigenvalue weighted by Gasteiger charge is 2.18. The zero-order valence-electron chi connectivity index (χ0n) is 10.7. The van der Waals surface area contributed by atoms with E-state index in [-0.39, 0.29) is 0 Å². The third-order valence-corrected chi connectivity index (χ3v) is 3.42. The number of nitrogens with two attached hydrogens (primary N) is 1. The SMILES string of the molecule is CC1CCCN(CCCCC(C)(N)C#N)C1. The molecule has 0 aromatic heterocycles. The van der Waals surface area contributed by atoms with Gasteiger partial charge in [0.1, 0.15) is 5.54 Å². The molecule has 16 heavy (non-hydrogen) atoms. The molecule has 0 radical (unpaired) electrons. The summed E-state index contributed by atoms with van der Waals surface area (Å²) in [6.45, 7) is 7.82. The molecule has 1 rings (SSSR count). The van der Waals surface area contributed by atoms with Crippen LogP contribution in [0.3, 0.4) is 0 Å². The van der Waals surface area contributed by atoms with Gasteiger partial charge in [-0.05, 0) is 58.0 Å². The van der Waals surface area contributed by atoms with Gasteiger partial charge in [-0.3, -0.25) is 0 Å². The Bertz CT molecular complexity index is 242. The molecule has 3 nitrogen and oxygen atoms in total. The Kier molecular flexibility index (Phi) is 5.24. The van der Waals surface area contributed by atoms with Crippen molar-refractivity contribution in [3.05, 3.63) is 0 Å². The van der Waals surface area contributed by atoms with Gasteiger partial charge in [-0.1, -0.05) is 6.92 Å². The fourth-order valence-electron chi connectivity index (χ4n) is 2.37. The van der Waals surface area contributed by atoms with Crippen molar-refractivity contribution in [3.8, 4) is 6.07 Å². The molecule has 0 aromatic carbocycles. The Morgan fingerprint density at radius 1 is 1.50 bits per heavy atom.